The zero-order valence-electron chi connectivity index (χ0n) is 10.4. The summed E-state index contributed by atoms with van der Waals surface area (Å²) in [6, 6.07) is 10.3. The van der Waals surface area contributed by atoms with Gasteiger partial charge < -0.3 is 0 Å². The summed E-state index contributed by atoms with van der Waals surface area (Å²) in [5.74, 6) is -0.201. The molecule has 0 radical (unpaired) electrons. The van der Waals surface area contributed by atoms with E-state index in [9.17, 15) is 13.2 Å². The van der Waals surface area contributed by atoms with Gasteiger partial charge in [-0.1, -0.05) is 37.3 Å². The number of halogens is 1. The first-order valence-electron chi connectivity index (χ1n) is 5.94. The van der Waals surface area contributed by atoms with Gasteiger partial charge in [-0.25, -0.2) is 8.42 Å². The standard InChI is InChI=1S/C14H13ClO3S/c1-2-5-13(16)12-9-8-10-6-3-4-7-11(10)14(12)19(15,17)18/h3-4,6-9H,2,5H2,1H3. The van der Waals surface area contributed by atoms with Gasteiger partial charge in [0, 0.05) is 28.1 Å². The maximum Gasteiger partial charge on any atom is 0.262 e. The van der Waals surface area contributed by atoms with Gasteiger partial charge in [0.1, 0.15) is 4.90 Å². The first-order valence-corrected chi connectivity index (χ1v) is 8.25. The van der Waals surface area contributed by atoms with Crippen LogP contribution in [0.5, 0.6) is 0 Å². The van der Waals surface area contributed by atoms with Crippen molar-refractivity contribution in [3.63, 3.8) is 0 Å². The maximum atomic E-state index is 12.0. The van der Waals surface area contributed by atoms with Crippen molar-refractivity contribution in [1.82, 2.24) is 0 Å². The lowest BCUT2D eigenvalue weighted by molar-refractivity contribution is 0.0979. The molecule has 0 bridgehead atoms. The number of Topliss-reactive ketones (excluding diaryl/α,β-unsaturated/α-hetero) is 1. The predicted molar refractivity (Wildman–Crippen MR) is 76.2 cm³/mol. The summed E-state index contributed by atoms with van der Waals surface area (Å²) in [6.07, 6.45) is 0.963. The minimum atomic E-state index is -3.97. The average molecular weight is 297 g/mol. The molecule has 0 aliphatic heterocycles. The number of benzene rings is 2. The highest BCUT2D eigenvalue weighted by atomic mass is 35.7. The third kappa shape index (κ3) is 2.80. The molecule has 0 aliphatic rings. The topological polar surface area (TPSA) is 51.2 Å². The summed E-state index contributed by atoms with van der Waals surface area (Å²) in [5, 5.41) is 1.23. The molecule has 0 saturated carbocycles. The van der Waals surface area contributed by atoms with E-state index in [1.165, 1.54) is 6.07 Å². The maximum absolute atomic E-state index is 12.0. The van der Waals surface area contributed by atoms with Gasteiger partial charge in [-0.2, -0.15) is 0 Å². The molecule has 2 aromatic carbocycles. The SMILES string of the molecule is CCCC(=O)c1ccc2ccccc2c1S(=O)(=O)Cl. The van der Waals surface area contributed by atoms with Crippen LogP contribution in [0.25, 0.3) is 10.8 Å². The molecule has 0 N–H and O–H groups in total. The predicted octanol–water partition coefficient (Wildman–Crippen LogP) is 3.75. The molecule has 0 saturated heterocycles. The molecule has 2 aromatic rings. The second-order valence-corrected chi connectivity index (χ2v) is 6.78. The molecular weight excluding hydrogens is 284 g/mol. The van der Waals surface area contributed by atoms with Crippen LogP contribution in [0.3, 0.4) is 0 Å². The molecule has 0 atom stereocenters. The van der Waals surface area contributed by atoms with Crippen LogP contribution in [0.15, 0.2) is 41.3 Å². The van der Waals surface area contributed by atoms with Crippen molar-refractivity contribution in [2.45, 2.75) is 24.7 Å². The van der Waals surface area contributed by atoms with E-state index < -0.39 is 9.05 Å². The van der Waals surface area contributed by atoms with E-state index in [1.807, 2.05) is 6.92 Å². The lowest BCUT2D eigenvalue weighted by Crippen LogP contribution is -2.06. The van der Waals surface area contributed by atoms with Gasteiger partial charge in [-0.05, 0) is 17.9 Å². The molecule has 0 spiro atoms. The van der Waals surface area contributed by atoms with Crippen LogP contribution in [0, 0.1) is 0 Å². The van der Waals surface area contributed by atoms with Gasteiger partial charge in [0.25, 0.3) is 9.05 Å². The van der Waals surface area contributed by atoms with E-state index in [2.05, 4.69) is 0 Å². The van der Waals surface area contributed by atoms with E-state index in [-0.39, 0.29) is 16.2 Å². The minimum Gasteiger partial charge on any atom is -0.294 e. The second-order valence-electron chi connectivity index (χ2n) is 4.27. The molecule has 0 amide bonds. The van der Waals surface area contributed by atoms with Gasteiger partial charge in [-0.3, -0.25) is 4.79 Å². The molecule has 0 unspecified atom stereocenters. The zero-order valence-corrected chi connectivity index (χ0v) is 12.0. The normalized spacial score (nSPS) is 11.7. The van der Waals surface area contributed by atoms with Gasteiger partial charge in [-0.15, -0.1) is 0 Å². The fraction of sp³-hybridized carbons (Fsp3) is 0.214. The summed E-state index contributed by atoms with van der Waals surface area (Å²) in [7, 11) is 1.53. The van der Waals surface area contributed by atoms with Gasteiger partial charge >= 0.3 is 0 Å². The van der Waals surface area contributed by atoms with Crippen LogP contribution in [-0.4, -0.2) is 14.2 Å². The molecule has 0 heterocycles. The fourth-order valence-corrected chi connectivity index (χ4v) is 3.48. The number of rotatable bonds is 4. The summed E-state index contributed by atoms with van der Waals surface area (Å²) in [4.78, 5) is 12.0. The Morgan fingerprint density at radius 2 is 1.84 bits per heavy atom. The molecular formula is C14H13ClO3S. The third-order valence-electron chi connectivity index (χ3n) is 2.90. The van der Waals surface area contributed by atoms with Crippen molar-refractivity contribution in [2.24, 2.45) is 0 Å². The lowest BCUT2D eigenvalue weighted by atomic mass is 10.0. The number of hydrogen-bond donors (Lipinski definition) is 0. The van der Waals surface area contributed by atoms with Crippen LogP contribution in [0.1, 0.15) is 30.1 Å². The largest absolute Gasteiger partial charge is 0.294 e. The van der Waals surface area contributed by atoms with Crippen molar-refractivity contribution in [3.8, 4) is 0 Å². The second kappa shape index (κ2) is 5.31. The summed E-state index contributed by atoms with van der Waals surface area (Å²) >= 11 is 0. The highest BCUT2D eigenvalue weighted by Crippen LogP contribution is 2.30. The molecule has 0 aliphatic carbocycles. The zero-order chi connectivity index (χ0) is 14.0. The van der Waals surface area contributed by atoms with Gasteiger partial charge in [0.05, 0.1) is 0 Å². The highest BCUT2D eigenvalue weighted by Gasteiger charge is 2.22. The molecule has 19 heavy (non-hydrogen) atoms. The van der Waals surface area contributed by atoms with Crippen LogP contribution >= 0.6 is 10.7 Å². The van der Waals surface area contributed by atoms with E-state index in [1.54, 1.807) is 30.3 Å². The molecule has 0 aromatic heterocycles. The monoisotopic (exact) mass is 296 g/mol. The molecule has 0 fully saturated rings. The first-order chi connectivity index (χ1) is 8.95. The Morgan fingerprint density at radius 1 is 1.16 bits per heavy atom. The summed E-state index contributed by atoms with van der Waals surface area (Å²) in [5.41, 5.74) is 0.176. The number of carbonyl (C=O) groups excluding carboxylic acids is 1. The Balaban J connectivity index is 2.82. The Morgan fingerprint density at radius 3 is 2.47 bits per heavy atom. The van der Waals surface area contributed by atoms with E-state index in [0.29, 0.717) is 18.2 Å². The Hall–Kier alpha value is -1.39. The lowest BCUT2D eigenvalue weighted by Gasteiger charge is -2.09. The van der Waals surface area contributed by atoms with Gasteiger partial charge in [0.2, 0.25) is 0 Å². The van der Waals surface area contributed by atoms with E-state index >= 15 is 0 Å². The van der Waals surface area contributed by atoms with Crippen LogP contribution < -0.4 is 0 Å². The smallest absolute Gasteiger partial charge is 0.262 e. The van der Waals surface area contributed by atoms with Crippen molar-refractivity contribution in [1.29, 1.82) is 0 Å². The molecule has 3 nitrogen and oxygen atoms in total. The Kier molecular flexibility index (Phi) is 3.92. The molecule has 100 valence electrons. The summed E-state index contributed by atoms with van der Waals surface area (Å²) in [6.45, 7) is 1.87. The quantitative estimate of drug-likeness (QED) is 0.638. The Bertz CT molecular complexity index is 735. The van der Waals surface area contributed by atoms with Gasteiger partial charge in [0.15, 0.2) is 5.78 Å². The molecule has 2 rings (SSSR count). The van der Waals surface area contributed by atoms with Crippen LogP contribution in [0.2, 0.25) is 0 Å². The van der Waals surface area contributed by atoms with E-state index in [0.717, 1.165) is 5.39 Å². The van der Waals surface area contributed by atoms with E-state index in [4.69, 9.17) is 10.7 Å². The number of hydrogen-bond acceptors (Lipinski definition) is 3. The first kappa shape index (κ1) is 14.0. The van der Waals surface area contributed by atoms with Crippen LogP contribution in [0.4, 0.5) is 0 Å². The van der Waals surface area contributed by atoms with Crippen molar-refractivity contribution < 1.29 is 13.2 Å². The highest BCUT2D eigenvalue weighted by molar-refractivity contribution is 8.14. The summed E-state index contributed by atoms with van der Waals surface area (Å²) < 4.78 is 23.6. The van der Waals surface area contributed by atoms with Crippen molar-refractivity contribution in [2.75, 3.05) is 0 Å². The van der Waals surface area contributed by atoms with Crippen molar-refractivity contribution in [3.05, 3.63) is 42.0 Å². The third-order valence-corrected chi connectivity index (χ3v) is 4.29. The molecule has 5 heteroatoms. The minimum absolute atomic E-state index is 0.0780. The van der Waals surface area contributed by atoms with Crippen LogP contribution in [-0.2, 0) is 9.05 Å². The Labute approximate surface area is 116 Å². The number of fused-ring (bicyclic) bond motifs is 1. The fourth-order valence-electron chi connectivity index (χ4n) is 2.09. The van der Waals surface area contributed by atoms with Crippen molar-refractivity contribution >= 4 is 36.3 Å². The average Bonchev–Trinajstić information content (AvgIpc) is 2.36. The number of carbonyl (C=O) groups is 1. The number of ketones is 1.